The van der Waals surface area contributed by atoms with Gasteiger partial charge in [-0.15, -0.1) is 0 Å². The molecule has 5 aromatic carbocycles. The number of hydrogen-bond acceptors (Lipinski definition) is 7. The van der Waals surface area contributed by atoms with Crippen molar-refractivity contribution in [2.75, 3.05) is 6.54 Å². The highest BCUT2D eigenvalue weighted by atomic mass is 35.5. The van der Waals surface area contributed by atoms with Gasteiger partial charge in [0.15, 0.2) is 5.78 Å². The molecule has 9 nitrogen and oxygen atoms in total. The van der Waals surface area contributed by atoms with Crippen molar-refractivity contribution in [3.05, 3.63) is 165 Å². The lowest BCUT2D eigenvalue weighted by molar-refractivity contribution is -0.154. The number of carbonyl (C=O) groups excluding carboxylic acids is 4. The van der Waals surface area contributed by atoms with Crippen molar-refractivity contribution in [3.63, 3.8) is 0 Å². The normalized spacial score (nSPS) is 20.0. The highest BCUT2D eigenvalue weighted by Crippen LogP contribution is 2.61. The summed E-state index contributed by atoms with van der Waals surface area (Å²) in [5, 5.41) is 2.18. The van der Waals surface area contributed by atoms with Gasteiger partial charge >= 0.3 is 10.1 Å². The van der Waals surface area contributed by atoms with Gasteiger partial charge in [-0.25, -0.2) is 5.01 Å². The summed E-state index contributed by atoms with van der Waals surface area (Å²) in [6.45, 7) is 1.19. The first kappa shape index (κ1) is 32.6. The maximum Gasteiger partial charge on any atom is 0.339 e. The molecule has 1 fully saturated rings. The van der Waals surface area contributed by atoms with Gasteiger partial charge in [-0.2, -0.15) is 13.4 Å². The van der Waals surface area contributed by atoms with Crippen LogP contribution in [-0.2, 0) is 19.7 Å². The predicted octanol–water partition coefficient (Wildman–Crippen LogP) is 6.55. The maximum atomic E-state index is 14.5. The monoisotopic (exact) mass is 716 g/mol. The topological polar surface area (TPSA) is 118 Å². The third kappa shape index (κ3) is 5.42. The van der Waals surface area contributed by atoms with E-state index in [2.05, 4.69) is 0 Å². The van der Waals surface area contributed by atoms with Crippen molar-refractivity contribution < 1.29 is 31.8 Å². The molecule has 11 heteroatoms. The lowest BCUT2D eigenvalue weighted by Gasteiger charge is -2.45. The van der Waals surface area contributed by atoms with Crippen LogP contribution in [0.25, 0.3) is 0 Å². The van der Waals surface area contributed by atoms with Crippen LogP contribution in [0.4, 0.5) is 0 Å². The Morgan fingerprint density at radius 3 is 1.65 bits per heavy atom. The van der Waals surface area contributed by atoms with Crippen LogP contribution in [0, 0.1) is 18.8 Å². The van der Waals surface area contributed by atoms with Crippen LogP contribution in [0.3, 0.4) is 0 Å². The van der Waals surface area contributed by atoms with E-state index in [4.69, 9.17) is 15.8 Å². The number of benzene rings is 5. The van der Waals surface area contributed by atoms with Crippen molar-refractivity contribution in [2.45, 2.75) is 23.7 Å². The van der Waals surface area contributed by atoms with E-state index < -0.39 is 63.8 Å². The minimum absolute atomic E-state index is 0.0233. The van der Waals surface area contributed by atoms with Crippen LogP contribution in [0.5, 0.6) is 5.75 Å². The number of ketones is 1. The second-order valence-electron chi connectivity index (χ2n) is 12.9. The molecular formula is C40H29ClN2O7S. The molecule has 0 aromatic heterocycles. The summed E-state index contributed by atoms with van der Waals surface area (Å²) in [7, 11) is -4.13. The molecule has 0 saturated carbocycles. The smallest absolute Gasteiger partial charge is 0.339 e. The first-order valence-corrected chi connectivity index (χ1v) is 18.1. The molecule has 1 heterocycles. The van der Waals surface area contributed by atoms with Crippen molar-refractivity contribution in [3.8, 4) is 5.75 Å². The zero-order valence-electron chi connectivity index (χ0n) is 27.1. The molecule has 1 saturated heterocycles. The summed E-state index contributed by atoms with van der Waals surface area (Å²) in [6.07, 6.45) is 0. The van der Waals surface area contributed by atoms with Crippen LogP contribution >= 0.6 is 11.6 Å². The largest absolute Gasteiger partial charge is 0.379 e. The fourth-order valence-electron chi connectivity index (χ4n) is 7.68. The summed E-state index contributed by atoms with van der Waals surface area (Å²) in [5.74, 6) is -4.79. The second-order valence-corrected chi connectivity index (χ2v) is 14.9. The van der Waals surface area contributed by atoms with E-state index in [0.29, 0.717) is 5.02 Å². The van der Waals surface area contributed by atoms with E-state index >= 15 is 0 Å². The second kappa shape index (κ2) is 12.3. The molecule has 0 radical (unpaired) electrons. The molecule has 4 aliphatic rings. The third-order valence-electron chi connectivity index (χ3n) is 9.98. The number of imide groups is 1. The van der Waals surface area contributed by atoms with Gasteiger partial charge in [0.2, 0.25) is 0 Å². The average Bonchev–Trinajstić information content (AvgIpc) is 3.40. The Bertz CT molecular complexity index is 2240. The van der Waals surface area contributed by atoms with Gasteiger partial charge in [0, 0.05) is 28.0 Å². The average molecular weight is 717 g/mol. The summed E-state index contributed by atoms with van der Waals surface area (Å²) in [4.78, 5) is 57.1. The SMILES string of the molecule is Cc1ccc(S(=O)(=O)Oc2ccc(C(=O)CN(C(=O)c3ccc(Cl)cc3)N3C(=O)[C@H]4C5c6ccccc6C(c6ccccc65)[C@@H]4C3=O)cc2)cc1. The number of amides is 3. The van der Waals surface area contributed by atoms with E-state index in [0.717, 1.165) is 37.8 Å². The van der Waals surface area contributed by atoms with Gasteiger partial charge in [0.25, 0.3) is 17.7 Å². The van der Waals surface area contributed by atoms with E-state index in [9.17, 15) is 27.6 Å². The van der Waals surface area contributed by atoms with E-state index in [1.54, 1.807) is 12.1 Å². The molecule has 3 aliphatic carbocycles. The first-order chi connectivity index (χ1) is 24.5. The first-order valence-electron chi connectivity index (χ1n) is 16.3. The fraction of sp³-hybridized carbons (Fsp3) is 0.150. The number of nitrogens with zero attached hydrogens (tertiary/aromatic N) is 2. The van der Waals surface area contributed by atoms with Crippen molar-refractivity contribution in [1.82, 2.24) is 10.0 Å². The molecular weight excluding hydrogens is 688 g/mol. The molecule has 0 N–H and O–H groups in total. The Labute approximate surface area is 299 Å². The summed E-state index contributed by atoms with van der Waals surface area (Å²) < 4.78 is 30.9. The van der Waals surface area contributed by atoms with Crippen LogP contribution in [0.15, 0.2) is 126 Å². The standard InChI is InChI=1S/C40H29ClN2O7S/c1-23-10-20-28(21-11-23)51(48,49)50-27-18-14-24(15-19-27)33(44)22-42(38(45)25-12-16-26(41)17-13-25)43-39(46)36-34-29-6-2-3-7-30(29)35(37(36)40(43)47)32-9-5-4-8-31(32)34/h2-21,34-37H,22H2,1H3/t34?,35?,36-,37-/m0/s1. The van der Waals surface area contributed by atoms with Crippen LogP contribution in [0.1, 0.15) is 60.4 Å². The Balaban J connectivity index is 1.12. The zero-order valence-corrected chi connectivity index (χ0v) is 28.7. The highest BCUT2D eigenvalue weighted by Gasteiger charge is 2.63. The number of rotatable bonds is 8. The van der Waals surface area contributed by atoms with Crippen molar-refractivity contribution in [2.24, 2.45) is 11.8 Å². The van der Waals surface area contributed by atoms with E-state index in [-0.39, 0.29) is 21.8 Å². The number of halogens is 1. The third-order valence-corrected chi connectivity index (χ3v) is 11.5. The highest BCUT2D eigenvalue weighted by molar-refractivity contribution is 7.87. The maximum absolute atomic E-state index is 14.5. The Hall–Kier alpha value is -5.58. The lowest BCUT2D eigenvalue weighted by atomic mass is 9.55. The van der Waals surface area contributed by atoms with Crippen LogP contribution in [0.2, 0.25) is 5.02 Å². The number of carbonyl (C=O) groups is 4. The molecule has 254 valence electrons. The fourth-order valence-corrected chi connectivity index (χ4v) is 8.73. The van der Waals surface area contributed by atoms with Gasteiger partial charge in [0.05, 0.1) is 11.8 Å². The van der Waals surface area contributed by atoms with Gasteiger partial charge in [0.1, 0.15) is 17.2 Å². The molecule has 51 heavy (non-hydrogen) atoms. The number of Topliss-reactive ketones (excluding diaryl/α,β-unsaturated/α-hetero) is 1. The van der Waals surface area contributed by atoms with E-state index in [1.165, 1.54) is 60.7 Å². The Kier molecular flexibility index (Phi) is 7.88. The number of hydrazine groups is 1. The summed E-state index contributed by atoms with van der Waals surface area (Å²) >= 11 is 6.09. The van der Waals surface area contributed by atoms with Gasteiger partial charge in [-0.1, -0.05) is 77.8 Å². The number of hydrogen-bond donors (Lipinski definition) is 0. The minimum Gasteiger partial charge on any atom is -0.379 e. The molecule has 5 aromatic rings. The van der Waals surface area contributed by atoms with Gasteiger partial charge < -0.3 is 4.18 Å². The van der Waals surface area contributed by atoms with Crippen molar-refractivity contribution in [1.29, 1.82) is 0 Å². The molecule has 2 atom stereocenters. The molecule has 2 bridgehead atoms. The summed E-state index contributed by atoms with van der Waals surface area (Å²) in [6, 6.07) is 33.2. The lowest BCUT2D eigenvalue weighted by Crippen LogP contribution is -2.52. The molecule has 0 spiro atoms. The summed E-state index contributed by atoms with van der Waals surface area (Å²) in [5.41, 5.74) is 5.03. The van der Waals surface area contributed by atoms with Crippen LogP contribution in [-0.4, -0.2) is 48.5 Å². The van der Waals surface area contributed by atoms with Crippen molar-refractivity contribution >= 4 is 45.2 Å². The predicted molar refractivity (Wildman–Crippen MR) is 188 cm³/mol. The Morgan fingerprint density at radius 2 is 1.16 bits per heavy atom. The molecule has 1 aliphatic heterocycles. The van der Waals surface area contributed by atoms with Gasteiger partial charge in [-0.3, -0.25) is 19.2 Å². The Morgan fingerprint density at radius 1 is 0.686 bits per heavy atom. The van der Waals surface area contributed by atoms with E-state index in [1.807, 2.05) is 55.5 Å². The zero-order chi connectivity index (χ0) is 35.6. The van der Waals surface area contributed by atoms with Gasteiger partial charge in [-0.05, 0) is 89.8 Å². The molecule has 0 unspecified atom stereocenters. The number of aryl methyl sites for hydroxylation is 1. The quantitative estimate of drug-likeness (QED) is 0.102. The molecule has 9 rings (SSSR count). The minimum atomic E-state index is -4.13. The molecule has 3 amide bonds. The van der Waals surface area contributed by atoms with Crippen LogP contribution < -0.4 is 4.18 Å².